The van der Waals surface area contributed by atoms with Crippen LogP contribution in [0.4, 0.5) is 11.4 Å². The Morgan fingerprint density at radius 2 is 1.68 bits per heavy atom. The summed E-state index contributed by atoms with van der Waals surface area (Å²) in [5, 5.41) is 3.43. The Morgan fingerprint density at radius 3 is 2.29 bits per heavy atom. The number of nitrogens with zero attached hydrogens (tertiary/aromatic N) is 2. The molecule has 1 aliphatic rings. The van der Waals surface area contributed by atoms with Crippen molar-refractivity contribution in [1.82, 2.24) is 4.90 Å². The highest BCUT2D eigenvalue weighted by Gasteiger charge is 2.24. The molecule has 1 saturated heterocycles. The predicted molar refractivity (Wildman–Crippen MR) is 122 cm³/mol. The molecule has 1 fully saturated rings. The van der Waals surface area contributed by atoms with Crippen molar-refractivity contribution >= 4 is 34.8 Å². The molecule has 0 unspecified atom stereocenters. The minimum atomic E-state index is -0.284. The van der Waals surface area contributed by atoms with Gasteiger partial charge in [0.2, 0.25) is 5.91 Å². The first-order valence-corrected chi connectivity index (χ1v) is 10.6. The average Bonchev–Trinajstić information content (AvgIpc) is 2.78. The maximum absolute atomic E-state index is 12.5. The van der Waals surface area contributed by atoms with E-state index in [4.69, 9.17) is 21.1 Å². The van der Waals surface area contributed by atoms with Gasteiger partial charge < -0.3 is 24.6 Å². The van der Waals surface area contributed by atoms with Crippen LogP contribution in [0.5, 0.6) is 11.5 Å². The third-order valence-electron chi connectivity index (χ3n) is 5.09. The molecule has 31 heavy (non-hydrogen) atoms. The summed E-state index contributed by atoms with van der Waals surface area (Å²) in [6.45, 7) is 6.36. The predicted octanol–water partition coefficient (Wildman–Crippen LogP) is 3.67. The number of piperazine rings is 1. The molecule has 0 radical (unpaired) electrons. The second-order valence-corrected chi connectivity index (χ2v) is 8.08. The lowest BCUT2D eigenvalue weighted by atomic mass is 10.1. The third kappa shape index (κ3) is 6.04. The summed E-state index contributed by atoms with van der Waals surface area (Å²) in [6, 6.07) is 12.4. The number of anilines is 2. The van der Waals surface area contributed by atoms with Crippen molar-refractivity contribution < 1.29 is 19.1 Å². The lowest BCUT2D eigenvalue weighted by molar-refractivity contribution is -0.134. The van der Waals surface area contributed by atoms with Crippen LogP contribution < -0.4 is 19.7 Å². The number of hydrogen-bond acceptors (Lipinski definition) is 5. The summed E-state index contributed by atoms with van der Waals surface area (Å²) in [6.07, 6.45) is 0. The monoisotopic (exact) mass is 445 g/mol. The molecule has 2 aromatic carbocycles. The highest BCUT2D eigenvalue weighted by atomic mass is 35.5. The Bertz CT molecular complexity index is 910. The van der Waals surface area contributed by atoms with E-state index in [1.165, 1.54) is 0 Å². The highest BCUT2D eigenvalue weighted by Crippen LogP contribution is 2.30. The third-order valence-corrected chi connectivity index (χ3v) is 5.32. The topological polar surface area (TPSA) is 71.1 Å². The Labute approximate surface area is 187 Å². The first-order chi connectivity index (χ1) is 14.9. The minimum Gasteiger partial charge on any atom is -0.497 e. The fraction of sp³-hybridized carbons (Fsp3) is 0.391. The summed E-state index contributed by atoms with van der Waals surface area (Å²) in [5.41, 5.74) is 1.50. The van der Waals surface area contributed by atoms with E-state index in [0.717, 1.165) is 11.4 Å². The number of halogens is 1. The first kappa shape index (κ1) is 22.7. The SMILES string of the molecule is COc1ccc(OCC(=O)Nc2cc(Cl)ccc2N2CCN(C(=O)C(C)C)CC2)cc1. The Morgan fingerprint density at radius 1 is 1.03 bits per heavy atom. The van der Waals surface area contributed by atoms with E-state index in [1.54, 1.807) is 43.5 Å². The standard InChI is InChI=1S/C23H28ClN3O4/c1-16(2)23(29)27-12-10-26(11-13-27)21-9-4-17(24)14-20(21)25-22(28)15-31-19-7-5-18(30-3)6-8-19/h4-9,14,16H,10-13,15H2,1-3H3,(H,25,28). The summed E-state index contributed by atoms with van der Waals surface area (Å²) < 4.78 is 10.7. The van der Waals surface area contributed by atoms with Crippen molar-refractivity contribution in [3.8, 4) is 11.5 Å². The second-order valence-electron chi connectivity index (χ2n) is 7.64. The van der Waals surface area contributed by atoms with Crippen molar-refractivity contribution in [2.75, 3.05) is 50.1 Å². The number of carbonyl (C=O) groups is 2. The van der Waals surface area contributed by atoms with Gasteiger partial charge in [-0.15, -0.1) is 0 Å². The van der Waals surface area contributed by atoms with Crippen LogP contribution in [0.25, 0.3) is 0 Å². The molecule has 0 saturated carbocycles. The summed E-state index contributed by atoms with van der Waals surface area (Å²) in [5.74, 6) is 1.17. The molecule has 7 nitrogen and oxygen atoms in total. The molecular weight excluding hydrogens is 418 g/mol. The fourth-order valence-electron chi connectivity index (χ4n) is 3.42. The first-order valence-electron chi connectivity index (χ1n) is 10.3. The van der Waals surface area contributed by atoms with Crippen LogP contribution >= 0.6 is 11.6 Å². The molecule has 0 bridgehead atoms. The van der Waals surface area contributed by atoms with Gasteiger partial charge in [-0.3, -0.25) is 9.59 Å². The zero-order chi connectivity index (χ0) is 22.4. The molecule has 0 atom stereocenters. The fourth-order valence-corrected chi connectivity index (χ4v) is 3.60. The van der Waals surface area contributed by atoms with Crippen molar-refractivity contribution in [2.24, 2.45) is 5.92 Å². The number of ether oxygens (including phenoxy) is 2. The van der Waals surface area contributed by atoms with Gasteiger partial charge >= 0.3 is 0 Å². The van der Waals surface area contributed by atoms with E-state index in [-0.39, 0.29) is 24.3 Å². The van der Waals surface area contributed by atoms with Gasteiger partial charge in [-0.2, -0.15) is 0 Å². The van der Waals surface area contributed by atoms with Crippen LogP contribution in [-0.2, 0) is 9.59 Å². The van der Waals surface area contributed by atoms with E-state index in [0.29, 0.717) is 42.6 Å². The molecule has 3 rings (SSSR count). The second kappa shape index (κ2) is 10.4. The van der Waals surface area contributed by atoms with E-state index < -0.39 is 0 Å². The smallest absolute Gasteiger partial charge is 0.262 e. The van der Waals surface area contributed by atoms with E-state index >= 15 is 0 Å². The van der Waals surface area contributed by atoms with Crippen LogP contribution in [0.1, 0.15) is 13.8 Å². The van der Waals surface area contributed by atoms with Gasteiger partial charge in [-0.1, -0.05) is 25.4 Å². The van der Waals surface area contributed by atoms with Crippen LogP contribution in [-0.4, -0.2) is 56.6 Å². The van der Waals surface area contributed by atoms with Crippen LogP contribution in [0.3, 0.4) is 0 Å². The number of carbonyl (C=O) groups excluding carboxylic acids is 2. The highest BCUT2D eigenvalue weighted by molar-refractivity contribution is 6.31. The van der Waals surface area contributed by atoms with Gasteiger partial charge in [-0.25, -0.2) is 0 Å². The Kier molecular flexibility index (Phi) is 7.63. The van der Waals surface area contributed by atoms with Crippen molar-refractivity contribution in [2.45, 2.75) is 13.8 Å². The van der Waals surface area contributed by atoms with E-state index in [2.05, 4.69) is 10.2 Å². The molecule has 8 heteroatoms. The molecule has 1 heterocycles. The zero-order valence-electron chi connectivity index (χ0n) is 18.1. The molecular formula is C23H28ClN3O4. The lowest BCUT2D eigenvalue weighted by Crippen LogP contribution is -2.50. The van der Waals surface area contributed by atoms with Crippen molar-refractivity contribution in [1.29, 1.82) is 0 Å². The van der Waals surface area contributed by atoms with Gasteiger partial charge in [-0.05, 0) is 42.5 Å². The van der Waals surface area contributed by atoms with Gasteiger partial charge in [0.05, 0.1) is 18.5 Å². The van der Waals surface area contributed by atoms with E-state index in [1.807, 2.05) is 24.8 Å². The minimum absolute atomic E-state index is 0.0115. The molecule has 2 amide bonds. The summed E-state index contributed by atoms with van der Waals surface area (Å²) in [7, 11) is 1.59. The molecule has 0 spiro atoms. The molecule has 2 aromatic rings. The number of rotatable bonds is 7. The molecule has 1 aliphatic heterocycles. The summed E-state index contributed by atoms with van der Waals surface area (Å²) >= 11 is 6.17. The van der Waals surface area contributed by atoms with Crippen molar-refractivity contribution in [3.63, 3.8) is 0 Å². The van der Waals surface area contributed by atoms with Gasteiger partial charge in [0.15, 0.2) is 6.61 Å². The molecule has 0 aromatic heterocycles. The van der Waals surface area contributed by atoms with Gasteiger partial charge in [0.25, 0.3) is 5.91 Å². The maximum atomic E-state index is 12.5. The van der Waals surface area contributed by atoms with E-state index in [9.17, 15) is 9.59 Å². The number of amides is 2. The normalized spacial score (nSPS) is 13.8. The van der Waals surface area contributed by atoms with Gasteiger partial charge in [0, 0.05) is 37.1 Å². The number of benzene rings is 2. The zero-order valence-corrected chi connectivity index (χ0v) is 18.8. The lowest BCUT2D eigenvalue weighted by Gasteiger charge is -2.37. The molecule has 0 aliphatic carbocycles. The average molecular weight is 446 g/mol. The number of methoxy groups -OCH3 is 1. The Hall–Kier alpha value is -2.93. The van der Waals surface area contributed by atoms with Crippen LogP contribution in [0, 0.1) is 5.92 Å². The van der Waals surface area contributed by atoms with Crippen molar-refractivity contribution in [3.05, 3.63) is 47.5 Å². The van der Waals surface area contributed by atoms with Crippen LogP contribution in [0.2, 0.25) is 5.02 Å². The molecule has 1 N–H and O–H groups in total. The number of hydrogen-bond donors (Lipinski definition) is 1. The Balaban J connectivity index is 1.62. The van der Waals surface area contributed by atoms with Crippen LogP contribution in [0.15, 0.2) is 42.5 Å². The number of nitrogens with one attached hydrogen (secondary N) is 1. The summed E-state index contributed by atoms with van der Waals surface area (Å²) in [4.78, 5) is 28.8. The molecule has 166 valence electrons. The quantitative estimate of drug-likeness (QED) is 0.704. The largest absolute Gasteiger partial charge is 0.497 e. The maximum Gasteiger partial charge on any atom is 0.262 e. The van der Waals surface area contributed by atoms with Gasteiger partial charge in [0.1, 0.15) is 11.5 Å².